The van der Waals surface area contributed by atoms with Gasteiger partial charge >= 0.3 is 12.4 Å². The molecule has 0 saturated carbocycles. The summed E-state index contributed by atoms with van der Waals surface area (Å²) in [4.78, 5) is 8.73. The lowest BCUT2D eigenvalue weighted by molar-refractivity contribution is -0.366. The molecule has 0 aromatic heterocycles. The smallest absolute Gasteiger partial charge is 0.426 e. The van der Waals surface area contributed by atoms with Crippen molar-refractivity contribution in [1.82, 2.24) is 0 Å². The molecule has 0 aliphatic rings. The maximum atomic E-state index is 12.1. The van der Waals surface area contributed by atoms with Crippen molar-refractivity contribution in [3.63, 3.8) is 0 Å². The molecule has 0 unspecified atom stereocenters. The second-order valence-electron chi connectivity index (χ2n) is 3.10. The molecule has 0 heterocycles. The fourth-order valence-electron chi connectivity index (χ4n) is 0.792. The Labute approximate surface area is 88.9 Å². The van der Waals surface area contributed by atoms with Crippen LogP contribution in [0.5, 0.6) is 0 Å². The van der Waals surface area contributed by atoms with Gasteiger partial charge in [0.25, 0.3) is 5.60 Å². The third-order valence-corrected chi connectivity index (χ3v) is 2.43. The lowest BCUT2D eigenvalue weighted by Gasteiger charge is -2.31. The summed E-state index contributed by atoms with van der Waals surface area (Å²) >= 11 is 0. The van der Waals surface area contributed by atoms with E-state index in [0.29, 0.717) is 6.08 Å². The maximum Gasteiger partial charge on any atom is 0.426 e. The van der Waals surface area contributed by atoms with Gasteiger partial charge in [0, 0.05) is 6.42 Å². The first kappa shape index (κ1) is 15.5. The van der Waals surface area contributed by atoms with Gasteiger partial charge in [0.2, 0.25) is 9.04 Å². The molecule has 0 bridgehead atoms. The minimum absolute atomic E-state index is 0.481. The van der Waals surface area contributed by atoms with Crippen LogP contribution in [-0.2, 0) is 0 Å². The molecule has 2 N–H and O–H groups in total. The van der Waals surface area contributed by atoms with Gasteiger partial charge in [-0.1, -0.05) is 11.8 Å². The van der Waals surface area contributed by atoms with Crippen LogP contribution in [0.1, 0.15) is 6.42 Å². The van der Waals surface area contributed by atoms with Crippen LogP contribution in [0, 0.1) is 0 Å². The molecule has 0 spiro atoms. The van der Waals surface area contributed by atoms with Gasteiger partial charge in [-0.3, -0.25) is 0 Å². The van der Waals surface area contributed by atoms with E-state index in [9.17, 15) is 26.3 Å². The zero-order valence-corrected chi connectivity index (χ0v) is 9.02. The second kappa shape index (κ2) is 4.76. The molecule has 0 aliphatic carbocycles. The largest absolute Gasteiger partial charge is 0.428 e. The van der Waals surface area contributed by atoms with Crippen LogP contribution in [0.4, 0.5) is 26.3 Å². The van der Waals surface area contributed by atoms with Gasteiger partial charge in [0.1, 0.15) is 0 Å². The maximum absolute atomic E-state index is 12.1. The van der Waals surface area contributed by atoms with Gasteiger partial charge in [-0.05, 0) is 6.55 Å². The van der Waals surface area contributed by atoms with Crippen molar-refractivity contribution in [2.24, 2.45) is 0 Å². The molecule has 16 heavy (non-hydrogen) atoms. The van der Waals surface area contributed by atoms with Gasteiger partial charge in [0.15, 0.2) is 0 Å². The van der Waals surface area contributed by atoms with Crippen LogP contribution >= 0.6 is 0 Å². The van der Waals surface area contributed by atoms with E-state index in [1.54, 1.807) is 0 Å². The van der Waals surface area contributed by atoms with E-state index in [1.807, 2.05) is 0 Å². The lowest BCUT2D eigenvalue weighted by atomic mass is 9.98. The Morgan fingerprint density at radius 1 is 1.06 bits per heavy atom. The van der Waals surface area contributed by atoms with E-state index >= 15 is 0 Å². The summed E-state index contributed by atoms with van der Waals surface area (Å²) in [5.41, 5.74) is -3.94. The molecule has 1 radical (unpaired) electrons. The molecule has 0 aromatic carbocycles. The topological polar surface area (TPSA) is 40.5 Å². The minimum Gasteiger partial charge on any atom is -0.428 e. The fourth-order valence-corrected chi connectivity index (χ4v) is 1.25. The second-order valence-corrected chi connectivity index (χ2v) is 4.72. The number of hydrogen-bond donors (Lipinski definition) is 2. The molecule has 9 heteroatoms. The molecule has 0 atom stereocenters. The van der Waals surface area contributed by atoms with Crippen LogP contribution in [0.2, 0.25) is 6.55 Å². The standard InChI is InChI=1S/C7H9F6O2Si/c1-16(15)4-2-3-5(14,6(8,9)10)7(11,12)13/h2,4,14-15H,3H2,1H3/b4-2-. The number of alkyl halides is 6. The molecule has 0 saturated heterocycles. The summed E-state index contributed by atoms with van der Waals surface area (Å²) in [7, 11) is -2.07. The third-order valence-electron chi connectivity index (χ3n) is 1.71. The molecule has 95 valence electrons. The van der Waals surface area contributed by atoms with Gasteiger partial charge in [-0.2, -0.15) is 26.3 Å². The average Bonchev–Trinajstić information content (AvgIpc) is 1.98. The Morgan fingerprint density at radius 2 is 1.44 bits per heavy atom. The molecular weight excluding hydrogens is 258 g/mol. The van der Waals surface area contributed by atoms with Gasteiger partial charge in [-0.15, -0.1) is 0 Å². The Morgan fingerprint density at radius 3 is 1.69 bits per heavy atom. The van der Waals surface area contributed by atoms with Crippen LogP contribution < -0.4 is 0 Å². The fraction of sp³-hybridized carbons (Fsp3) is 0.714. The quantitative estimate of drug-likeness (QED) is 0.606. The number of rotatable bonds is 3. The molecule has 2 nitrogen and oxygen atoms in total. The van der Waals surface area contributed by atoms with Gasteiger partial charge in [-0.25, -0.2) is 0 Å². The molecule has 0 aromatic rings. The van der Waals surface area contributed by atoms with E-state index in [2.05, 4.69) is 0 Å². The molecule has 0 amide bonds. The number of aliphatic hydroxyl groups is 1. The highest BCUT2D eigenvalue weighted by Crippen LogP contribution is 2.45. The lowest BCUT2D eigenvalue weighted by Crippen LogP contribution is -2.56. The number of halogens is 6. The van der Waals surface area contributed by atoms with Crippen LogP contribution in [0.25, 0.3) is 0 Å². The Hall–Kier alpha value is -0.543. The summed E-state index contributed by atoms with van der Waals surface area (Å²) < 4.78 is 72.4. The predicted molar refractivity (Wildman–Crippen MR) is 44.7 cm³/mol. The van der Waals surface area contributed by atoms with Crippen molar-refractivity contribution >= 4 is 9.04 Å². The van der Waals surface area contributed by atoms with Crippen molar-refractivity contribution in [3.8, 4) is 0 Å². The van der Waals surface area contributed by atoms with Crippen molar-refractivity contribution in [2.75, 3.05) is 0 Å². The van der Waals surface area contributed by atoms with E-state index < -0.39 is 33.4 Å². The van der Waals surface area contributed by atoms with Crippen LogP contribution in [0.15, 0.2) is 11.8 Å². The summed E-state index contributed by atoms with van der Waals surface area (Å²) in [5, 5.41) is 8.63. The van der Waals surface area contributed by atoms with E-state index in [0.717, 1.165) is 5.70 Å². The summed E-state index contributed by atoms with van der Waals surface area (Å²) in [5.74, 6) is 0. The summed E-state index contributed by atoms with van der Waals surface area (Å²) in [6.45, 7) is 1.25. The highest BCUT2D eigenvalue weighted by molar-refractivity contribution is 6.54. The zero-order valence-electron chi connectivity index (χ0n) is 8.02. The molecule has 0 fully saturated rings. The van der Waals surface area contributed by atoms with Crippen molar-refractivity contribution in [2.45, 2.75) is 30.9 Å². The van der Waals surface area contributed by atoms with E-state index in [-0.39, 0.29) is 0 Å². The van der Waals surface area contributed by atoms with Crippen molar-refractivity contribution < 1.29 is 36.2 Å². The molecular formula is C7H9F6O2Si. The predicted octanol–water partition coefficient (Wildman–Crippen LogP) is 1.94. The highest BCUT2D eigenvalue weighted by Gasteiger charge is 2.69. The van der Waals surface area contributed by atoms with Gasteiger partial charge < -0.3 is 9.90 Å². The average molecular weight is 267 g/mol. The van der Waals surface area contributed by atoms with Gasteiger partial charge in [0.05, 0.1) is 0 Å². The van der Waals surface area contributed by atoms with Crippen LogP contribution in [0.3, 0.4) is 0 Å². The van der Waals surface area contributed by atoms with Crippen molar-refractivity contribution in [1.29, 1.82) is 0 Å². The summed E-state index contributed by atoms with van der Waals surface area (Å²) in [6.07, 6.45) is -12.8. The third kappa shape index (κ3) is 3.49. The first-order chi connectivity index (χ1) is 6.92. The summed E-state index contributed by atoms with van der Waals surface area (Å²) in [6, 6.07) is 0. The van der Waals surface area contributed by atoms with Crippen molar-refractivity contribution in [3.05, 3.63) is 11.8 Å². The molecule has 0 aliphatic heterocycles. The SMILES string of the molecule is C[Si](O)/C=C\CC(O)(C(F)(F)F)C(F)(F)F. The number of hydrogen-bond acceptors (Lipinski definition) is 2. The normalized spacial score (nSPS) is 15.1. The minimum atomic E-state index is -5.81. The van der Waals surface area contributed by atoms with E-state index in [1.165, 1.54) is 6.55 Å². The molecule has 0 rings (SSSR count). The Bertz CT molecular complexity index is 243. The highest BCUT2D eigenvalue weighted by atomic mass is 28.3. The van der Waals surface area contributed by atoms with Crippen LogP contribution in [-0.4, -0.2) is 36.9 Å². The first-order valence-corrected chi connectivity index (χ1v) is 5.99. The zero-order chi connectivity index (χ0) is 13.2. The first-order valence-electron chi connectivity index (χ1n) is 3.96. The van der Waals surface area contributed by atoms with E-state index in [4.69, 9.17) is 9.90 Å². The monoisotopic (exact) mass is 267 g/mol. The Balaban J connectivity index is 4.99. The Kier molecular flexibility index (Phi) is 4.60.